The third-order valence-corrected chi connectivity index (χ3v) is 3.66. The van der Waals surface area contributed by atoms with E-state index in [-0.39, 0.29) is 0 Å². The van der Waals surface area contributed by atoms with Crippen molar-refractivity contribution in [1.82, 2.24) is 5.32 Å². The van der Waals surface area contributed by atoms with Crippen LogP contribution in [-0.2, 0) is 6.42 Å². The highest BCUT2D eigenvalue weighted by Gasteiger charge is 2.19. The van der Waals surface area contributed by atoms with Gasteiger partial charge in [-0.1, -0.05) is 36.8 Å². The molecule has 1 N–H and O–H groups in total. The monoisotopic (exact) mass is 217 g/mol. The lowest BCUT2D eigenvalue weighted by Gasteiger charge is -2.12. The van der Waals surface area contributed by atoms with E-state index in [0.717, 1.165) is 24.9 Å². The van der Waals surface area contributed by atoms with E-state index in [1.54, 1.807) is 0 Å². The highest BCUT2D eigenvalue weighted by molar-refractivity contribution is 5.21. The number of nitrogens with one attached hydrogen (secondary N) is 1. The Bertz CT molecular complexity index is 315. The normalized spacial score (nSPS) is 24.9. The molecule has 0 spiro atoms. The first-order chi connectivity index (χ1) is 7.74. The van der Waals surface area contributed by atoms with Crippen LogP contribution in [0.25, 0.3) is 0 Å². The molecule has 2 unspecified atom stereocenters. The molecule has 1 fully saturated rings. The third-order valence-electron chi connectivity index (χ3n) is 3.66. The van der Waals surface area contributed by atoms with Crippen LogP contribution in [-0.4, -0.2) is 12.6 Å². The Morgan fingerprint density at radius 1 is 1.19 bits per heavy atom. The Morgan fingerprint density at radius 2 is 1.94 bits per heavy atom. The quantitative estimate of drug-likeness (QED) is 0.816. The molecule has 0 heterocycles. The van der Waals surface area contributed by atoms with Gasteiger partial charge < -0.3 is 5.32 Å². The number of hydrogen-bond acceptors (Lipinski definition) is 1. The molecule has 0 radical (unpaired) electrons. The molecule has 88 valence electrons. The van der Waals surface area contributed by atoms with E-state index in [0.29, 0.717) is 0 Å². The maximum absolute atomic E-state index is 3.68. The van der Waals surface area contributed by atoms with Crippen LogP contribution in [0.15, 0.2) is 24.3 Å². The molecule has 0 amide bonds. The van der Waals surface area contributed by atoms with Crippen LogP contribution >= 0.6 is 0 Å². The van der Waals surface area contributed by atoms with Gasteiger partial charge in [-0.3, -0.25) is 0 Å². The molecule has 1 aliphatic carbocycles. The summed E-state index contributed by atoms with van der Waals surface area (Å²) in [4.78, 5) is 0. The first-order valence-corrected chi connectivity index (χ1v) is 6.53. The van der Waals surface area contributed by atoms with Crippen molar-refractivity contribution in [3.05, 3.63) is 35.4 Å². The van der Waals surface area contributed by atoms with E-state index < -0.39 is 0 Å². The van der Waals surface area contributed by atoms with Crippen molar-refractivity contribution in [1.29, 1.82) is 0 Å². The van der Waals surface area contributed by atoms with Gasteiger partial charge in [0.2, 0.25) is 0 Å². The molecule has 0 bridgehead atoms. The minimum atomic E-state index is 0.778. The Balaban J connectivity index is 1.70. The topological polar surface area (TPSA) is 12.0 Å². The van der Waals surface area contributed by atoms with Crippen LogP contribution in [0.1, 0.15) is 37.3 Å². The van der Waals surface area contributed by atoms with E-state index in [9.17, 15) is 0 Å². The van der Waals surface area contributed by atoms with Crippen LogP contribution in [0.4, 0.5) is 0 Å². The van der Waals surface area contributed by atoms with Crippen LogP contribution in [0.3, 0.4) is 0 Å². The predicted octanol–water partition coefficient (Wildman–Crippen LogP) is 3.32. The maximum atomic E-state index is 3.68. The summed E-state index contributed by atoms with van der Waals surface area (Å²) in [6.45, 7) is 5.63. The van der Waals surface area contributed by atoms with Crippen molar-refractivity contribution in [2.45, 2.75) is 45.6 Å². The van der Waals surface area contributed by atoms with Gasteiger partial charge in [0.1, 0.15) is 0 Å². The summed E-state index contributed by atoms with van der Waals surface area (Å²) in [6, 6.07) is 9.67. The zero-order valence-corrected chi connectivity index (χ0v) is 10.5. The Kier molecular flexibility index (Phi) is 4.00. The van der Waals surface area contributed by atoms with Gasteiger partial charge in [-0.25, -0.2) is 0 Å². The van der Waals surface area contributed by atoms with Gasteiger partial charge in [-0.15, -0.1) is 0 Å². The fourth-order valence-electron chi connectivity index (χ4n) is 2.57. The fourth-order valence-corrected chi connectivity index (χ4v) is 2.57. The largest absolute Gasteiger partial charge is 0.314 e. The van der Waals surface area contributed by atoms with Crippen molar-refractivity contribution in [2.24, 2.45) is 5.92 Å². The van der Waals surface area contributed by atoms with Crippen molar-refractivity contribution in [2.75, 3.05) is 6.54 Å². The lowest BCUT2D eigenvalue weighted by Crippen LogP contribution is -2.28. The molecule has 16 heavy (non-hydrogen) atoms. The van der Waals surface area contributed by atoms with Gasteiger partial charge in [-0.05, 0) is 50.6 Å². The second-order valence-corrected chi connectivity index (χ2v) is 5.30. The molecule has 2 atom stereocenters. The summed E-state index contributed by atoms with van der Waals surface area (Å²) in [6.07, 6.45) is 5.30. The standard InChI is InChI=1S/C15H23N/c1-12-3-6-14(7-4-12)9-10-16-15-8-5-13(2)11-15/h3-4,6-7,13,15-16H,5,8-11H2,1-2H3. The van der Waals surface area contributed by atoms with Crippen LogP contribution < -0.4 is 5.32 Å². The summed E-state index contributed by atoms with van der Waals surface area (Å²) in [5.74, 6) is 0.928. The molecule has 1 aromatic rings. The number of hydrogen-bond donors (Lipinski definition) is 1. The Morgan fingerprint density at radius 3 is 2.56 bits per heavy atom. The van der Waals surface area contributed by atoms with Crippen molar-refractivity contribution in [3.63, 3.8) is 0 Å². The van der Waals surface area contributed by atoms with Gasteiger partial charge in [0, 0.05) is 6.04 Å². The minimum Gasteiger partial charge on any atom is -0.314 e. The highest BCUT2D eigenvalue weighted by Crippen LogP contribution is 2.24. The van der Waals surface area contributed by atoms with Gasteiger partial charge in [0.05, 0.1) is 0 Å². The molecule has 1 aliphatic rings. The SMILES string of the molecule is Cc1ccc(CCNC2CCC(C)C2)cc1. The molecule has 1 aromatic carbocycles. The predicted molar refractivity (Wildman–Crippen MR) is 69.7 cm³/mol. The zero-order chi connectivity index (χ0) is 11.4. The van der Waals surface area contributed by atoms with E-state index in [4.69, 9.17) is 0 Å². The second kappa shape index (κ2) is 5.49. The molecule has 1 saturated carbocycles. The molecule has 0 saturated heterocycles. The van der Waals surface area contributed by atoms with Gasteiger partial charge in [0.25, 0.3) is 0 Å². The average molecular weight is 217 g/mol. The summed E-state index contributed by atoms with van der Waals surface area (Å²) in [5, 5.41) is 3.68. The smallest absolute Gasteiger partial charge is 0.00698 e. The Hall–Kier alpha value is -0.820. The lowest BCUT2D eigenvalue weighted by molar-refractivity contribution is 0.506. The molecule has 0 aliphatic heterocycles. The fraction of sp³-hybridized carbons (Fsp3) is 0.600. The molecular weight excluding hydrogens is 194 g/mol. The zero-order valence-electron chi connectivity index (χ0n) is 10.5. The van der Waals surface area contributed by atoms with E-state index in [1.807, 2.05) is 0 Å². The molecule has 0 aromatic heterocycles. The molecule has 1 heteroatoms. The summed E-state index contributed by atoms with van der Waals surface area (Å²) in [7, 11) is 0. The minimum absolute atomic E-state index is 0.778. The Labute approximate surface area is 99.3 Å². The van der Waals surface area contributed by atoms with Crippen molar-refractivity contribution in [3.8, 4) is 0 Å². The third kappa shape index (κ3) is 3.34. The van der Waals surface area contributed by atoms with Crippen LogP contribution in [0.2, 0.25) is 0 Å². The summed E-state index contributed by atoms with van der Waals surface area (Å²) in [5.41, 5.74) is 2.80. The lowest BCUT2D eigenvalue weighted by atomic mass is 10.1. The highest BCUT2D eigenvalue weighted by atomic mass is 14.9. The summed E-state index contributed by atoms with van der Waals surface area (Å²) < 4.78 is 0. The summed E-state index contributed by atoms with van der Waals surface area (Å²) >= 11 is 0. The van der Waals surface area contributed by atoms with Crippen LogP contribution in [0.5, 0.6) is 0 Å². The van der Waals surface area contributed by atoms with E-state index >= 15 is 0 Å². The average Bonchev–Trinajstić information content (AvgIpc) is 2.67. The van der Waals surface area contributed by atoms with E-state index in [2.05, 4.69) is 43.4 Å². The molecule has 2 rings (SSSR count). The second-order valence-electron chi connectivity index (χ2n) is 5.30. The first kappa shape index (κ1) is 11.7. The van der Waals surface area contributed by atoms with E-state index in [1.165, 1.54) is 30.4 Å². The maximum Gasteiger partial charge on any atom is 0.00698 e. The van der Waals surface area contributed by atoms with Crippen molar-refractivity contribution < 1.29 is 0 Å². The molecule has 1 nitrogen and oxygen atoms in total. The van der Waals surface area contributed by atoms with Crippen LogP contribution in [0, 0.1) is 12.8 Å². The first-order valence-electron chi connectivity index (χ1n) is 6.53. The number of benzene rings is 1. The van der Waals surface area contributed by atoms with Gasteiger partial charge in [0.15, 0.2) is 0 Å². The number of aryl methyl sites for hydroxylation is 1. The van der Waals surface area contributed by atoms with Gasteiger partial charge in [-0.2, -0.15) is 0 Å². The van der Waals surface area contributed by atoms with Gasteiger partial charge >= 0.3 is 0 Å². The number of rotatable bonds is 4. The van der Waals surface area contributed by atoms with Crippen molar-refractivity contribution >= 4 is 0 Å². The molecular formula is C15H23N.